The average Bonchev–Trinajstić information content (AvgIpc) is 2.05. The smallest absolute Gasteiger partial charge is 0.0945 e. The Kier molecular flexibility index (Phi) is 4.22. The Hall–Kier alpha value is 0.110. The van der Waals surface area contributed by atoms with Gasteiger partial charge in [-0.3, -0.25) is 0 Å². The molecule has 1 aliphatic heterocycles. The summed E-state index contributed by atoms with van der Waals surface area (Å²) in [6, 6.07) is 0. The standard InChI is InChI=1S/C9H19NOS/c1-9(2)8-12(11)10-6-4-3-5-7-10/h9H,3-8H2,1-2H3. The van der Waals surface area contributed by atoms with Crippen LogP contribution < -0.4 is 0 Å². The van der Waals surface area contributed by atoms with Gasteiger partial charge < -0.3 is 0 Å². The van der Waals surface area contributed by atoms with E-state index in [-0.39, 0.29) is 0 Å². The van der Waals surface area contributed by atoms with Gasteiger partial charge in [0.15, 0.2) is 0 Å². The number of nitrogens with zero attached hydrogens (tertiary/aromatic N) is 1. The quantitative estimate of drug-likeness (QED) is 0.663. The van der Waals surface area contributed by atoms with Gasteiger partial charge in [0, 0.05) is 18.8 Å². The molecule has 1 aliphatic rings. The van der Waals surface area contributed by atoms with E-state index in [1.807, 2.05) is 0 Å². The maximum atomic E-state index is 11.6. The molecule has 12 heavy (non-hydrogen) atoms. The van der Waals surface area contributed by atoms with Gasteiger partial charge in [-0.1, -0.05) is 20.3 Å². The molecule has 0 radical (unpaired) electrons. The molecule has 0 aromatic heterocycles. The molecule has 0 saturated carbocycles. The third-order valence-corrected chi connectivity index (χ3v) is 3.97. The van der Waals surface area contributed by atoms with Crippen molar-refractivity contribution in [2.45, 2.75) is 33.1 Å². The summed E-state index contributed by atoms with van der Waals surface area (Å²) in [6.07, 6.45) is 3.77. The lowest BCUT2D eigenvalue weighted by Crippen LogP contribution is -2.33. The summed E-state index contributed by atoms with van der Waals surface area (Å²) in [4.78, 5) is 0. The van der Waals surface area contributed by atoms with Crippen LogP contribution in [0.5, 0.6) is 0 Å². The minimum Gasteiger partial charge on any atom is -0.243 e. The van der Waals surface area contributed by atoms with E-state index in [0.29, 0.717) is 5.92 Å². The van der Waals surface area contributed by atoms with Crippen molar-refractivity contribution in [3.8, 4) is 0 Å². The molecular weight excluding hydrogens is 170 g/mol. The van der Waals surface area contributed by atoms with Crippen molar-refractivity contribution in [3.05, 3.63) is 0 Å². The van der Waals surface area contributed by atoms with E-state index in [9.17, 15) is 4.21 Å². The highest BCUT2D eigenvalue weighted by Gasteiger charge is 2.16. The second-order valence-electron chi connectivity index (χ2n) is 3.87. The van der Waals surface area contributed by atoms with Gasteiger partial charge in [0.05, 0.1) is 11.0 Å². The fraction of sp³-hybridized carbons (Fsp3) is 1.00. The zero-order valence-corrected chi connectivity index (χ0v) is 8.90. The lowest BCUT2D eigenvalue weighted by atomic mass is 10.2. The first-order chi connectivity index (χ1) is 5.70. The third kappa shape index (κ3) is 3.23. The summed E-state index contributed by atoms with van der Waals surface area (Å²) in [6.45, 7) is 6.34. The highest BCUT2D eigenvalue weighted by atomic mass is 32.2. The van der Waals surface area contributed by atoms with Gasteiger partial charge in [0.1, 0.15) is 0 Å². The minimum atomic E-state index is -0.703. The Morgan fingerprint density at radius 3 is 2.33 bits per heavy atom. The maximum absolute atomic E-state index is 11.6. The van der Waals surface area contributed by atoms with E-state index in [0.717, 1.165) is 18.8 Å². The number of rotatable bonds is 3. The molecule has 0 aromatic rings. The second kappa shape index (κ2) is 4.97. The van der Waals surface area contributed by atoms with Gasteiger partial charge in [0.25, 0.3) is 0 Å². The lowest BCUT2D eigenvalue weighted by molar-refractivity contribution is 0.364. The third-order valence-electron chi connectivity index (χ3n) is 2.08. The van der Waals surface area contributed by atoms with Crippen LogP contribution in [0.1, 0.15) is 33.1 Å². The summed E-state index contributed by atoms with van der Waals surface area (Å²) in [5, 5.41) is 0. The fourth-order valence-electron chi connectivity index (χ4n) is 1.46. The molecule has 0 bridgehead atoms. The van der Waals surface area contributed by atoms with Crippen LogP contribution >= 0.6 is 0 Å². The summed E-state index contributed by atoms with van der Waals surface area (Å²) in [5.74, 6) is 1.38. The van der Waals surface area contributed by atoms with Crippen LogP contribution in [0.2, 0.25) is 0 Å². The van der Waals surface area contributed by atoms with Crippen LogP contribution in [0.3, 0.4) is 0 Å². The molecule has 0 N–H and O–H groups in total. The van der Waals surface area contributed by atoms with E-state index < -0.39 is 11.0 Å². The number of hydrogen-bond acceptors (Lipinski definition) is 1. The van der Waals surface area contributed by atoms with Crippen molar-refractivity contribution in [2.24, 2.45) is 5.92 Å². The van der Waals surface area contributed by atoms with Crippen molar-refractivity contribution < 1.29 is 4.21 Å². The highest BCUT2D eigenvalue weighted by Crippen LogP contribution is 2.12. The molecule has 2 nitrogen and oxygen atoms in total. The zero-order chi connectivity index (χ0) is 8.97. The van der Waals surface area contributed by atoms with Crippen LogP contribution in [0.25, 0.3) is 0 Å². The van der Waals surface area contributed by atoms with Crippen LogP contribution in [0.4, 0.5) is 0 Å². The van der Waals surface area contributed by atoms with E-state index in [2.05, 4.69) is 18.2 Å². The predicted molar refractivity (Wildman–Crippen MR) is 53.3 cm³/mol. The molecule has 0 spiro atoms. The molecule has 0 amide bonds. The van der Waals surface area contributed by atoms with Gasteiger partial charge in [-0.05, 0) is 18.8 Å². The van der Waals surface area contributed by atoms with Crippen LogP contribution in [-0.4, -0.2) is 27.4 Å². The molecule has 1 atom stereocenters. The van der Waals surface area contributed by atoms with Gasteiger partial charge in [-0.25, -0.2) is 8.51 Å². The Balaban J connectivity index is 2.30. The monoisotopic (exact) mass is 189 g/mol. The summed E-state index contributed by atoms with van der Waals surface area (Å²) in [7, 11) is -0.703. The number of piperidine rings is 1. The first-order valence-corrected chi connectivity index (χ1v) is 6.11. The minimum absolute atomic E-state index is 0.549. The van der Waals surface area contributed by atoms with E-state index in [4.69, 9.17) is 0 Å². The fourth-order valence-corrected chi connectivity index (χ4v) is 2.91. The van der Waals surface area contributed by atoms with E-state index >= 15 is 0 Å². The molecule has 3 heteroatoms. The van der Waals surface area contributed by atoms with Crippen molar-refractivity contribution >= 4 is 11.0 Å². The average molecular weight is 189 g/mol. The van der Waals surface area contributed by atoms with Crippen molar-refractivity contribution in [3.63, 3.8) is 0 Å². The van der Waals surface area contributed by atoms with Crippen molar-refractivity contribution in [1.29, 1.82) is 0 Å². The molecule has 0 aromatic carbocycles. The molecule has 1 fully saturated rings. The molecule has 1 heterocycles. The van der Waals surface area contributed by atoms with Gasteiger partial charge in [0.2, 0.25) is 0 Å². The normalized spacial score (nSPS) is 22.9. The largest absolute Gasteiger partial charge is 0.243 e. The Labute approximate surface area is 77.9 Å². The van der Waals surface area contributed by atoms with Crippen LogP contribution in [0.15, 0.2) is 0 Å². The lowest BCUT2D eigenvalue weighted by Gasteiger charge is -2.25. The van der Waals surface area contributed by atoms with E-state index in [1.165, 1.54) is 19.3 Å². The zero-order valence-electron chi connectivity index (χ0n) is 8.08. The summed E-state index contributed by atoms with van der Waals surface area (Å²) in [5.41, 5.74) is 0. The summed E-state index contributed by atoms with van der Waals surface area (Å²) >= 11 is 0. The molecule has 0 aliphatic carbocycles. The highest BCUT2D eigenvalue weighted by molar-refractivity contribution is 7.82. The maximum Gasteiger partial charge on any atom is 0.0945 e. The van der Waals surface area contributed by atoms with Crippen LogP contribution in [0, 0.1) is 5.92 Å². The molecular formula is C9H19NOS. The van der Waals surface area contributed by atoms with Crippen LogP contribution in [-0.2, 0) is 11.0 Å². The molecule has 1 rings (SSSR count). The first kappa shape index (κ1) is 10.2. The molecule has 1 unspecified atom stereocenters. The molecule has 1 saturated heterocycles. The van der Waals surface area contributed by atoms with Crippen molar-refractivity contribution in [1.82, 2.24) is 4.31 Å². The van der Waals surface area contributed by atoms with Gasteiger partial charge >= 0.3 is 0 Å². The topological polar surface area (TPSA) is 20.3 Å². The second-order valence-corrected chi connectivity index (χ2v) is 5.36. The summed E-state index contributed by atoms with van der Waals surface area (Å²) < 4.78 is 13.8. The number of hydrogen-bond donors (Lipinski definition) is 0. The predicted octanol–water partition coefficient (Wildman–Crippen LogP) is 1.79. The molecule has 72 valence electrons. The van der Waals surface area contributed by atoms with E-state index in [1.54, 1.807) is 0 Å². The van der Waals surface area contributed by atoms with Gasteiger partial charge in [-0.15, -0.1) is 0 Å². The first-order valence-electron chi connectivity index (χ1n) is 4.83. The Morgan fingerprint density at radius 1 is 1.25 bits per heavy atom. The van der Waals surface area contributed by atoms with Crippen molar-refractivity contribution in [2.75, 3.05) is 18.8 Å². The van der Waals surface area contributed by atoms with Gasteiger partial charge in [-0.2, -0.15) is 0 Å². The Morgan fingerprint density at radius 2 is 1.83 bits per heavy atom. The Bertz CT molecular complexity index is 153. The SMILES string of the molecule is CC(C)CS(=O)N1CCCCC1.